The number of carbonyl (C=O) groups is 1. The van der Waals surface area contributed by atoms with Gasteiger partial charge >= 0.3 is 5.97 Å². The zero-order valence-corrected chi connectivity index (χ0v) is 13.5. The second-order valence-electron chi connectivity index (χ2n) is 7.36. The minimum atomic E-state index is -0.992. The van der Waals surface area contributed by atoms with E-state index in [9.17, 15) is 9.59 Å². The van der Waals surface area contributed by atoms with Gasteiger partial charge in [-0.15, -0.1) is 0 Å². The second-order valence-corrected chi connectivity index (χ2v) is 7.74. The molecule has 0 aromatic carbocycles. The molecular weight excluding hydrogens is 318 g/mol. The molecule has 0 saturated heterocycles. The molecule has 5 rings (SSSR count). The fourth-order valence-electron chi connectivity index (χ4n) is 5.21. The lowest BCUT2D eigenvalue weighted by Gasteiger charge is -2.54. The van der Waals surface area contributed by atoms with Gasteiger partial charge in [0.25, 0.3) is 5.56 Å². The normalized spacial score (nSPS) is 34.6. The summed E-state index contributed by atoms with van der Waals surface area (Å²) in [6.07, 6.45) is 6.03. The van der Waals surface area contributed by atoms with Crippen molar-refractivity contribution in [2.75, 3.05) is 5.32 Å². The molecule has 0 atom stereocenters. The number of carboxylic acid groups (broad SMARTS) is 1. The van der Waals surface area contributed by atoms with Gasteiger partial charge in [-0.1, -0.05) is 11.6 Å². The smallest absolute Gasteiger partial charge is 0.309 e. The molecule has 4 saturated carbocycles. The van der Waals surface area contributed by atoms with Gasteiger partial charge in [0.05, 0.1) is 17.8 Å². The van der Waals surface area contributed by atoms with E-state index >= 15 is 0 Å². The molecule has 0 spiro atoms. The van der Waals surface area contributed by atoms with Crippen molar-refractivity contribution in [1.82, 2.24) is 10.2 Å². The lowest BCUT2D eigenvalue weighted by molar-refractivity contribution is -0.136. The average molecular weight is 338 g/mol. The molecule has 0 radical (unpaired) electrons. The number of H-pyrrole nitrogens is 1. The van der Waals surface area contributed by atoms with Crippen LogP contribution in [0.2, 0.25) is 5.02 Å². The van der Waals surface area contributed by atoms with Crippen LogP contribution in [-0.4, -0.2) is 27.3 Å². The molecule has 4 bridgehead atoms. The van der Waals surface area contributed by atoms with Gasteiger partial charge in [0.1, 0.15) is 5.02 Å². The van der Waals surface area contributed by atoms with Crippen LogP contribution in [0.25, 0.3) is 0 Å². The van der Waals surface area contributed by atoms with Crippen molar-refractivity contribution in [3.05, 3.63) is 21.1 Å². The van der Waals surface area contributed by atoms with Crippen molar-refractivity contribution in [2.45, 2.75) is 44.6 Å². The Bertz CT molecular complexity index is 674. The number of aliphatic carboxylic acids is 1. The third-order valence-electron chi connectivity index (χ3n) is 5.86. The first kappa shape index (κ1) is 15.0. The highest BCUT2D eigenvalue weighted by Gasteiger charge is 2.48. The van der Waals surface area contributed by atoms with E-state index in [1.807, 2.05) is 0 Å². The van der Waals surface area contributed by atoms with Crippen LogP contribution in [-0.2, 0) is 11.2 Å². The largest absolute Gasteiger partial charge is 0.481 e. The third-order valence-corrected chi connectivity index (χ3v) is 6.22. The van der Waals surface area contributed by atoms with Crippen molar-refractivity contribution in [3.8, 4) is 0 Å². The summed E-state index contributed by atoms with van der Waals surface area (Å²) < 4.78 is 0. The number of halogens is 1. The Kier molecular flexibility index (Phi) is 3.59. The van der Waals surface area contributed by atoms with Gasteiger partial charge in [-0.2, -0.15) is 5.10 Å². The summed E-state index contributed by atoms with van der Waals surface area (Å²) in [6, 6.07) is 0.274. The standard InChI is InChI=1S/C16H20ClN3O3/c17-13-15(11(6-12(21)22)19-20-16(13)23)18-14-9-2-7-1-8(4-9)5-10(14)3-7/h7-10,14H,1-6H2,(H,21,22)(H2,18,20,23). The number of nitrogens with zero attached hydrogens (tertiary/aromatic N) is 1. The van der Waals surface area contributed by atoms with Crippen LogP contribution >= 0.6 is 11.6 Å². The summed E-state index contributed by atoms with van der Waals surface area (Å²) in [6.45, 7) is 0. The van der Waals surface area contributed by atoms with E-state index in [-0.39, 0.29) is 17.5 Å². The van der Waals surface area contributed by atoms with Gasteiger partial charge in [-0.25, -0.2) is 5.10 Å². The fourth-order valence-corrected chi connectivity index (χ4v) is 5.41. The molecule has 3 N–H and O–H groups in total. The minimum absolute atomic E-state index is 0.0186. The topological polar surface area (TPSA) is 95.1 Å². The van der Waals surface area contributed by atoms with Crippen molar-refractivity contribution in [2.24, 2.45) is 23.7 Å². The number of aromatic nitrogens is 2. The zero-order chi connectivity index (χ0) is 16.1. The van der Waals surface area contributed by atoms with Crippen molar-refractivity contribution in [1.29, 1.82) is 0 Å². The van der Waals surface area contributed by atoms with Crippen molar-refractivity contribution in [3.63, 3.8) is 0 Å². The first-order valence-electron chi connectivity index (χ1n) is 8.26. The number of aromatic amines is 1. The van der Waals surface area contributed by atoms with E-state index in [1.54, 1.807) is 0 Å². The zero-order valence-electron chi connectivity index (χ0n) is 12.7. The van der Waals surface area contributed by atoms with E-state index in [1.165, 1.54) is 32.1 Å². The fraction of sp³-hybridized carbons (Fsp3) is 0.688. The number of nitrogens with one attached hydrogen (secondary N) is 2. The molecule has 1 aromatic heterocycles. The highest BCUT2D eigenvalue weighted by molar-refractivity contribution is 6.33. The lowest BCUT2D eigenvalue weighted by atomic mass is 9.54. The van der Waals surface area contributed by atoms with Crippen LogP contribution in [0.15, 0.2) is 4.79 Å². The van der Waals surface area contributed by atoms with Crippen LogP contribution in [0.5, 0.6) is 0 Å². The molecule has 4 aliphatic carbocycles. The van der Waals surface area contributed by atoms with Crippen molar-refractivity contribution < 1.29 is 9.90 Å². The number of rotatable bonds is 4. The summed E-state index contributed by atoms with van der Waals surface area (Å²) >= 11 is 6.16. The maximum Gasteiger partial charge on any atom is 0.309 e. The molecule has 1 heterocycles. The molecule has 4 aliphatic rings. The molecule has 1 aromatic rings. The third kappa shape index (κ3) is 2.63. The summed E-state index contributed by atoms with van der Waals surface area (Å²) in [4.78, 5) is 22.8. The highest BCUT2D eigenvalue weighted by Crippen LogP contribution is 2.54. The molecule has 0 unspecified atom stereocenters. The van der Waals surface area contributed by atoms with E-state index in [2.05, 4.69) is 15.5 Å². The van der Waals surface area contributed by atoms with E-state index in [0.717, 1.165) is 11.8 Å². The van der Waals surface area contributed by atoms with Crippen LogP contribution in [0, 0.1) is 23.7 Å². The highest BCUT2D eigenvalue weighted by atomic mass is 35.5. The minimum Gasteiger partial charge on any atom is -0.481 e. The summed E-state index contributed by atoms with van der Waals surface area (Å²) in [5, 5.41) is 18.7. The Hall–Kier alpha value is -1.56. The average Bonchev–Trinajstić information content (AvgIpc) is 2.48. The van der Waals surface area contributed by atoms with E-state index in [4.69, 9.17) is 16.7 Å². The first-order chi connectivity index (χ1) is 11.0. The maximum absolute atomic E-state index is 11.8. The Balaban J connectivity index is 1.64. The molecule has 0 aliphatic heterocycles. The Morgan fingerprint density at radius 3 is 2.39 bits per heavy atom. The quantitative estimate of drug-likeness (QED) is 0.783. The lowest BCUT2D eigenvalue weighted by Crippen LogP contribution is -2.51. The number of carboxylic acids is 1. The van der Waals surface area contributed by atoms with Gasteiger partial charge in [-0.3, -0.25) is 9.59 Å². The Labute approximate surface area is 138 Å². The van der Waals surface area contributed by atoms with Gasteiger partial charge in [0, 0.05) is 6.04 Å². The van der Waals surface area contributed by atoms with Gasteiger partial charge in [0.2, 0.25) is 0 Å². The molecule has 23 heavy (non-hydrogen) atoms. The summed E-state index contributed by atoms with van der Waals surface area (Å²) in [5.74, 6) is 1.90. The molecule has 6 nitrogen and oxygen atoms in total. The van der Waals surface area contributed by atoms with E-state index in [0.29, 0.717) is 23.2 Å². The van der Waals surface area contributed by atoms with Crippen LogP contribution in [0.1, 0.15) is 37.8 Å². The predicted octanol–water partition coefficient (Wildman–Crippen LogP) is 2.29. The number of hydrogen-bond donors (Lipinski definition) is 3. The molecular formula is C16H20ClN3O3. The second kappa shape index (κ2) is 5.51. The summed E-state index contributed by atoms with van der Waals surface area (Å²) in [5.41, 5.74) is 0.235. The van der Waals surface area contributed by atoms with Crippen molar-refractivity contribution >= 4 is 23.3 Å². The Morgan fingerprint density at radius 1 is 1.22 bits per heavy atom. The first-order valence-corrected chi connectivity index (χ1v) is 8.64. The summed E-state index contributed by atoms with van der Waals surface area (Å²) in [7, 11) is 0. The van der Waals surface area contributed by atoms with Crippen LogP contribution in [0.3, 0.4) is 0 Å². The predicted molar refractivity (Wildman–Crippen MR) is 85.7 cm³/mol. The van der Waals surface area contributed by atoms with Crippen LogP contribution < -0.4 is 10.9 Å². The monoisotopic (exact) mass is 337 g/mol. The molecule has 0 amide bonds. The molecule has 7 heteroatoms. The Morgan fingerprint density at radius 2 is 1.83 bits per heavy atom. The maximum atomic E-state index is 11.8. The van der Waals surface area contributed by atoms with Gasteiger partial charge in [0.15, 0.2) is 0 Å². The number of anilines is 1. The SMILES string of the molecule is O=C(O)Cc1n[nH]c(=O)c(Cl)c1NC1C2CC3CC(C2)CC1C3. The van der Waals surface area contributed by atoms with E-state index < -0.39 is 11.5 Å². The van der Waals surface area contributed by atoms with Crippen LogP contribution in [0.4, 0.5) is 5.69 Å². The number of hydrogen-bond acceptors (Lipinski definition) is 4. The van der Waals surface area contributed by atoms with Gasteiger partial charge < -0.3 is 10.4 Å². The molecule has 4 fully saturated rings. The molecule has 124 valence electrons. The van der Waals surface area contributed by atoms with Gasteiger partial charge in [-0.05, 0) is 55.8 Å².